The van der Waals surface area contributed by atoms with Gasteiger partial charge in [-0.15, -0.1) is 0 Å². The lowest BCUT2D eigenvalue weighted by molar-refractivity contribution is -0.142. The zero-order chi connectivity index (χ0) is 18.8. The van der Waals surface area contributed by atoms with Gasteiger partial charge in [0, 0.05) is 56.6 Å². The summed E-state index contributed by atoms with van der Waals surface area (Å²) in [4.78, 5) is 22.5. The summed E-state index contributed by atoms with van der Waals surface area (Å²) >= 11 is 0. The maximum Gasteiger partial charge on any atom is 0.267 e. The molecule has 1 atom stereocenters. The van der Waals surface area contributed by atoms with Gasteiger partial charge in [-0.3, -0.25) is 9.48 Å². The van der Waals surface area contributed by atoms with E-state index in [-0.39, 0.29) is 5.91 Å². The van der Waals surface area contributed by atoms with Gasteiger partial charge in [-0.05, 0) is 26.0 Å². The van der Waals surface area contributed by atoms with E-state index in [9.17, 15) is 4.79 Å². The number of nitrogens with zero attached hydrogens (tertiary/aromatic N) is 5. The monoisotopic (exact) mass is 367 g/mol. The fourth-order valence-corrected chi connectivity index (χ4v) is 3.66. The highest BCUT2D eigenvalue weighted by atomic mass is 16.6. The largest absolute Gasteiger partial charge is 0.382 e. The molecule has 0 aliphatic carbocycles. The molecule has 142 valence electrons. The third-order valence-corrected chi connectivity index (χ3v) is 5.24. The van der Waals surface area contributed by atoms with Gasteiger partial charge < -0.3 is 14.6 Å². The first-order valence-electron chi connectivity index (χ1n) is 9.51. The number of rotatable bonds is 4. The van der Waals surface area contributed by atoms with E-state index in [0.29, 0.717) is 19.5 Å². The van der Waals surface area contributed by atoms with E-state index in [1.807, 2.05) is 47.8 Å². The minimum absolute atomic E-state index is 0.0296. The quantitative estimate of drug-likeness (QED) is 0.830. The molecular weight excluding hydrogens is 342 g/mol. The van der Waals surface area contributed by atoms with Crippen LogP contribution in [0.15, 0.2) is 41.7 Å². The first kappa shape index (κ1) is 17.6. The Kier molecular flexibility index (Phi) is 4.83. The Bertz CT molecular complexity index is 837. The average molecular weight is 367 g/mol. The summed E-state index contributed by atoms with van der Waals surface area (Å²) in [6.07, 6.45) is 1.96. The number of aryl methyl sites for hydroxylation is 2. The maximum absolute atomic E-state index is 12.9. The standard InChI is InChI=1S/C20H25N5O2/c1-3-25-14-17(15(2)21-25)18-13-19(27-22-18)20(26)24-11-9-23(10-12-24)16-7-5-4-6-8-16/h4-8,14,19H,3,9-13H2,1-2H3. The Morgan fingerprint density at radius 3 is 2.59 bits per heavy atom. The molecule has 1 unspecified atom stereocenters. The van der Waals surface area contributed by atoms with Gasteiger partial charge in [-0.1, -0.05) is 23.4 Å². The molecule has 0 bridgehead atoms. The molecule has 0 N–H and O–H groups in total. The van der Waals surface area contributed by atoms with E-state index in [0.717, 1.165) is 36.6 Å². The normalized spacial score (nSPS) is 19.8. The zero-order valence-corrected chi connectivity index (χ0v) is 15.8. The molecule has 0 saturated carbocycles. The number of benzene rings is 1. The molecular formula is C20H25N5O2. The van der Waals surface area contributed by atoms with Gasteiger partial charge in [0.05, 0.1) is 11.4 Å². The van der Waals surface area contributed by atoms with Crippen LogP contribution in [0.1, 0.15) is 24.6 Å². The lowest BCUT2D eigenvalue weighted by atomic mass is 10.1. The number of piperazine rings is 1. The lowest BCUT2D eigenvalue weighted by Crippen LogP contribution is -2.51. The van der Waals surface area contributed by atoms with Crippen molar-refractivity contribution < 1.29 is 9.63 Å². The number of hydrogen-bond donors (Lipinski definition) is 0. The van der Waals surface area contributed by atoms with Crippen LogP contribution in [0.5, 0.6) is 0 Å². The second-order valence-electron chi connectivity index (χ2n) is 6.97. The highest BCUT2D eigenvalue weighted by Crippen LogP contribution is 2.22. The van der Waals surface area contributed by atoms with Crippen LogP contribution in [0.2, 0.25) is 0 Å². The average Bonchev–Trinajstić information content (AvgIpc) is 3.34. The molecule has 27 heavy (non-hydrogen) atoms. The Morgan fingerprint density at radius 2 is 1.93 bits per heavy atom. The SMILES string of the molecule is CCn1cc(C2=NOC(C(=O)N3CCN(c4ccccc4)CC3)C2)c(C)n1. The van der Waals surface area contributed by atoms with Gasteiger partial charge in [-0.25, -0.2) is 0 Å². The molecule has 7 heteroatoms. The Morgan fingerprint density at radius 1 is 1.19 bits per heavy atom. The van der Waals surface area contributed by atoms with Crippen LogP contribution in [-0.2, 0) is 16.2 Å². The summed E-state index contributed by atoms with van der Waals surface area (Å²) in [5, 5.41) is 8.63. The number of anilines is 1. The molecule has 0 spiro atoms. The number of carbonyl (C=O) groups is 1. The van der Waals surface area contributed by atoms with Crippen molar-refractivity contribution in [2.45, 2.75) is 32.9 Å². The number of aromatic nitrogens is 2. The molecule has 1 saturated heterocycles. The van der Waals surface area contributed by atoms with Crippen molar-refractivity contribution in [3.63, 3.8) is 0 Å². The van der Waals surface area contributed by atoms with Crippen LogP contribution in [0.4, 0.5) is 5.69 Å². The molecule has 3 heterocycles. The minimum atomic E-state index is -0.521. The Hall–Kier alpha value is -2.83. The van der Waals surface area contributed by atoms with E-state index >= 15 is 0 Å². The first-order chi connectivity index (χ1) is 13.2. The van der Waals surface area contributed by atoms with Crippen molar-refractivity contribution >= 4 is 17.3 Å². The minimum Gasteiger partial charge on any atom is -0.382 e. The van der Waals surface area contributed by atoms with Crippen molar-refractivity contribution in [2.24, 2.45) is 5.16 Å². The highest BCUT2D eigenvalue weighted by Gasteiger charge is 2.34. The van der Waals surface area contributed by atoms with Crippen molar-refractivity contribution in [2.75, 3.05) is 31.1 Å². The van der Waals surface area contributed by atoms with Crippen molar-refractivity contribution in [3.05, 3.63) is 47.8 Å². The number of para-hydroxylation sites is 1. The molecule has 1 aromatic carbocycles. The van der Waals surface area contributed by atoms with E-state index < -0.39 is 6.10 Å². The van der Waals surface area contributed by atoms with Crippen LogP contribution < -0.4 is 4.90 Å². The molecule has 4 rings (SSSR count). The third kappa shape index (κ3) is 3.54. The number of carbonyl (C=O) groups excluding carboxylic acids is 1. The summed E-state index contributed by atoms with van der Waals surface area (Å²) in [6.45, 7) is 7.89. The van der Waals surface area contributed by atoms with Crippen LogP contribution in [-0.4, -0.2) is 58.6 Å². The summed E-state index contributed by atoms with van der Waals surface area (Å²) in [5.41, 5.74) is 3.91. The van der Waals surface area contributed by atoms with Gasteiger partial charge in [0.2, 0.25) is 6.10 Å². The summed E-state index contributed by atoms with van der Waals surface area (Å²) < 4.78 is 1.88. The second-order valence-corrected chi connectivity index (χ2v) is 6.97. The summed E-state index contributed by atoms with van der Waals surface area (Å²) in [5.74, 6) is 0.0296. The molecule has 2 aromatic rings. The molecule has 1 amide bonds. The lowest BCUT2D eigenvalue weighted by Gasteiger charge is -2.36. The number of hydrogen-bond acceptors (Lipinski definition) is 5. The predicted octanol–water partition coefficient (Wildman–Crippen LogP) is 2.05. The molecule has 0 radical (unpaired) electrons. The maximum atomic E-state index is 12.9. The van der Waals surface area contributed by atoms with Crippen LogP contribution in [0.25, 0.3) is 0 Å². The Labute approximate surface area is 159 Å². The second kappa shape index (κ2) is 7.42. The van der Waals surface area contributed by atoms with Crippen LogP contribution in [0.3, 0.4) is 0 Å². The van der Waals surface area contributed by atoms with E-state index in [2.05, 4.69) is 27.3 Å². The van der Waals surface area contributed by atoms with Crippen LogP contribution >= 0.6 is 0 Å². The third-order valence-electron chi connectivity index (χ3n) is 5.24. The van der Waals surface area contributed by atoms with Gasteiger partial charge in [-0.2, -0.15) is 5.10 Å². The smallest absolute Gasteiger partial charge is 0.267 e. The van der Waals surface area contributed by atoms with E-state index in [4.69, 9.17) is 4.84 Å². The fourth-order valence-electron chi connectivity index (χ4n) is 3.66. The molecule has 2 aliphatic rings. The van der Waals surface area contributed by atoms with Crippen molar-refractivity contribution in [3.8, 4) is 0 Å². The van der Waals surface area contributed by atoms with Crippen molar-refractivity contribution in [1.82, 2.24) is 14.7 Å². The molecule has 1 fully saturated rings. The summed E-state index contributed by atoms with van der Waals surface area (Å²) in [6, 6.07) is 10.3. The van der Waals surface area contributed by atoms with Gasteiger partial charge in [0.25, 0.3) is 5.91 Å². The predicted molar refractivity (Wildman–Crippen MR) is 104 cm³/mol. The highest BCUT2D eigenvalue weighted by molar-refractivity contribution is 6.04. The fraction of sp³-hybridized carbons (Fsp3) is 0.450. The number of amides is 1. The summed E-state index contributed by atoms with van der Waals surface area (Å²) in [7, 11) is 0. The van der Waals surface area contributed by atoms with Crippen molar-refractivity contribution in [1.29, 1.82) is 0 Å². The van der Waals surface area contributed by atoms with Gasteiger partial charge in [0.15, 0.2) is 0 Å². The van der Waals surface area contributed by atoms with Gasteiger partial charge in [0.1, 0.15) is 0 Å². The molecule has 1 aromatic heterocycles. The number of oxime groups is 1. The molecule has 2 aliphatic heterocycles. The Balaban J connectivity index is 1.34. The van der Waals surface area contributed by atoms with Crippen LogP contribution in [0, 0.1) is 6.92 Å². The molecule has 7 nitrogen and oxygen atoms in total. The zero-order valence-electron chi connectivity index (χ0n) is 15.8. The van der Waals surface area contributed by atoms with Gasteiger partial charge >= 0.3 is 0 Å². The van der Waals surface area contributed by atoms with E-state index in [1.54, 1.807) is 0 Å². The topological polar surface area (TPSA) is 63.0 Å². The van der Waals surface area contributed by atoms with E-state index in [1.165, 1.54) is 5.69 Å². The first-order valence-corrected chi connectivity index (χ1v) is 9.51.